The summed E-state index contributed by atoms with van der Waals surface area (Å²) >= 11 is 8.61. The number of nitrogens with two attached hydrogens (primary N) is 1. The van der Waals surface area contributed by atoms with E-state index in [1.807, 2.05) is 6.92 Å². The number of rotatable bonds is 4. The Bertz CT molecular complexity index is 583. The van der Waals surface area contributed by atoms with E-state index in [0.717, 1.165) is 15.6 Å². The maximum absolute atomic E-state index is 11.8. The minimum absolute atomic E-state index is 0.0707. The molecule has 19 heavy (non-hydrogen) atoms. The van der Waals surface area contributed by atoms with Gasteiger partial charge in [-0.3, -0.25) is 4.79 Å². The largest absolute Gasteiger partial charge is 0.375 e. The van der Waals surface area contributed by atoms with Crippen LogP contribution >= 0.6 is 34.7 Å². The molecule has 0 unspecified atom stereocenters. The summed E-state index contributed by atoms with van der Waals surface area (Å²) in [6.07, 6.45) is 0. The van der Waals surface area contributed by atoms with E-state index >= 15 is 0 Å². The number of thioether (sulfide) groups is 1. The van der Waals surface area contributed by atoms with Gasteiger partial charge < -0.3 is 11.1 Å². The Kier molecular flexibility index (Phi) is 4.68. The van der Waals surface area contributed by atoms with Gasteiger partial charge in [-0.1, -0.05) is 22.9 Å². The van der Waals surface area contributed by atoms with Crippen LogP contribution in [-0.2, 0) is 4.79 Å². The molecular formula is C12H12ClN3OS2. The molecule has 0 aliphatic rings. The monoisotopic (exact) mass is 313 g/mol. The number of nitrogen functional groups attached to an aromatic ring is 1. The number of aromatic nitrogens is 1. The number of hydrogen-bond acceptors (Lipinski definition) is 5. The molecule has 0 fully saturated rings. The van der Waals surface area contributed by atoms with Gasteiger partial charge in [0.1, 0.15) is 0 Å². The first-order valence-corrected chi connectivity index (χ1v) is 7.64. The Labute approximate surface area is 124 Å². The number of hydrogen-bond donors (Lipinski definition) is 2. The predicted molar refractivity (Wildman–Crippen MR) is 82.1 cm³/mol. The van der Waals surface area contributed by atoms with Gasteiger partial charge in [0.25, 0.3) is 0 Å². The lowest BCUT2D eigenvalue weighted by Gasteiger charge is -2.04. The Morgan fingerprint density at radius 2 is 2.16 bits per heavy atom. The summed E-state index contributed by atoms with van der Waals surface area (Å²) < 4.78 is 0.976. The lowest BCUT2D eigenvalue weighted by atomic mass is 10.3. The quantitative estimate of drug-likeness (QED) is 0.849. The standard InChI is InChI=1S/C12H12ClN3OS2/c1-7-11(19-12(14)15-7)18-6-10(17)16-9-4-2-8(13)3-5-9/h2-5H,6H2,1H3,(H2,14,15)(H,16,17). The van der Waals surface area contributed by atoms with Crippen LogP contribution in [0.4, 0.5) is 10.8 Å². The smallest absolute Gasteiger partial charge is 0.234 e. The molecule has 1 aromatic carbocycles. The van der Waals surface area contributed by atoms with Crippen LogP contribution in [0, 0.1) is 6.92 Å². The molecule has 100 valence electrons. The first-order chi connectivity index (χ1) is 9.04. The molecule has 2 aromatic rings. The molecule has 2 rings (SSSR count). The molecule has 0 spiro atoms. The minimum Gasteiger partial charge on any atom is -0.375 e. The molecule has 0 saturated heterocycles. The van der Waals surface area contributed by atoms with Crippen molar-refractivity contribution in [2.45, 2.75) is 11.1 Å². The average molecular weight is 314 g/mol. The van der Waals surface area contributed by atoms with Crippen LogP contribution in [0.25, 0.3) is 0 Å². The van der Waals surface area contributed by atoms with Gasteiger partial charge in [-0.2, -0.15) is 0 Å². The highest BCUT2D eigenvalue weighted by atomic mass is 35.5. The summed E-state index contributed by atoms with van der Waals surface area (Å²) in [6, 6.07) is 7.00. The molecule has 4 nitrogen and oxygen atoms in total. The Hall–Kier alpha value is -1.24. The molecule has 3 N–H and O–H groups in total. The first kappa shape index (κ1) is 14.2. The van der Waals surface area contributed by atoms with Crippen LogP contribution in [0.2, 0.25) is 5.02 Å². The van der Waals surface area contributed by atoms with Crippen molar-refractivity contribution in [2.75, 3.05) is 16.8 Å². The van der Waals surface area contributed by atoms with E-state index in [1.165, 1.54) is 23.1 Å². The number of halogens is 1. The third-order valence-electron chi connectivity index (χ3n) is 2.23. The number of carbonyl (C=O) groups is 1. The van der Waals surface area contributed by atoms with Gasteiger partial charge in [0.05, 0.1) is 15.7 Å². The van der Waals surface area contributed by atoms with Gasteiger partial charge in [-0.15, -0.1) is 11.8 Å². The topological polar surface area (TPSA) is 68.0 Å². The van der Waals surface area contributed by atoms with E-state index in [4.69, 9.17) is 17.3 Å². The molecular weight excluding hydrogens is 302 g/mol. The van der Waals surface area contributed by atoms with Gasteiger partial charge in [-0.25, -0.2) is 4.98 Å². The summed E-state index contributed by atoms with van der Waals surface area (Å²) in [7, 11) is 0. The highest BCUT2D eigenvalue weighted by molar-refractivity contribution is 8.01. The van der Waals surface area contributed by atoms with Crippen LogP contribution in [0.3, 0.4) is 0 Å². The molecule has 0 atom stereocenters. The van der Waals surface area contributed by atoms with Crippen LogP contribution in [-0.4, -0.2) is 16.6 Å². The second kappa shape index (κ2) is 6.27. The number of anilines is 2. The van der Waals surface area contributed by atoms with E-state index in [9.17, 15) is 4.79 Å². The van der Waals surface area contributed by atoms with E-state index in [2.05, 4.69) is 10.3 Å². The fraction of sp³-hybridized carbons (Fsp3) is 0.167. The maximum atomic E-state index is 11.8. The SMILES string of the molecule is Cc1nc(N)sc1SCC(=O)Nc1ccc(Cl)cc1. The lowest BCUT2D eigenvalue weighted by Crippen LogP contribution is -2.13. The Balaban J connectivity index is 1.88. The summed E-state index contributed by atoms with van der Waals surface area (Å²) in [5.74, 6) is 0.254. The van der Waals surface area contributed by atoms with Gasteiger partial charge in [0.15, 0.2) is 5.13 Å². The fourth-order valence-corrected chi connectivity index (χ4v) is 3.35. The van der Waals surface area contributed by atoms with Crippen molar-refractivity contribution in [1.82, 2.24) is 4.98 Å². The zero-order valence-corrected chi connectivity index (χ0v) is 12.5. The van der Waals surface area contributed by atoms with Gasteiger partial charge in [0, 0.05) is 10.7 Å². The van der Waals surface area contributed by atoms with E-state index in [1.54, 1.807) is 24.3 Å². The van der Waals surface area contributed by atoms with Crippen molar-refractivity contribution in [3.05, 3.63) is 35.0 Å². The number of nitrogens with one attached hydrogen (secondary N) is 1. The molecule has 7 heteroatoms. The predicted octanol–water partition coefficient (Wildman–Crippen LogP) is 3.42. The maximum Gasteiger partial charge on any atom is 0.234 e. The third-order valence-corrected chi connectivity index (χ3v) is 4.83. The number of thiazole rings is 1. The van der Waals surface area contributed by atoms with Crippen molar-refractivity contribution in [3.63, 3.8) is 0 Å². The first-order valence-electron chi connectivity index (χ1n) is 5.45. The number of benzene rings is 1. The molecule has 1 heterocycles. The van der Waals surface area contributed by atoms with Gasteiger partial charge >= 0.3 is 0 Å². The molecule has 1 amide bonds. The minimum atomic E-state index is -0.0707. The molecule has 0 saturated carbocycles. The summed E-state index contributed by atoms with van der Waals surface area (Å²) in [4.78, 5) is 15.9. The van der Waals surface area contributed by atoms with E-state index in [0.29, 0.717) is 15.9 Å². The molecule has 0 aliphatic carbocycles. The van der Waals surface area contributed by atoms with Crippen LogP contribution < -0.4 is 11.1 Å². The van der Waals surface area contributed by atoms with Crippen molar-refractivity contribution in [1.29, 1.82) is 0 Å². The highest BCUT2D eigenvalue weighted by Gasteiger charge is 2.09. The van der Waals surface area contributed by atoms with Gasteiger partial charge in [0.2, 0.25) is 5.91 Å². The second-order valence-corrected chi connectivity index (χ2v) is 6.48. The summed E-state index contributed by atoms with van der Waals surface area (Å²) in [6.45, 7) is 1.88. The van der Waals surface area contributed by atoms with E-state index < -0.39 is 0 Å². The average Bonchev–Trinajstić information content (AvgIpc) is 2.68. The van der Waals surface area contributed by atoms with Crippen molar-refractivity contribution < 1.29 is 4.79 Å². The number of amides is 1. The highest BCUT2D eigenvalue weighted by Crippen LogP contribution is 2.30. The number of aryl methyl sites for hydroxylation is 1. The van der Waals surface area contributed by atoms with Crippen molar-refractivity contribution in [2.24, 2.45) is 0 Å². The van der Waals surface area contributed by atoms with Gasteiger partial charge in [-0.05, 0) is 31.2 Å². The second-order valence-electron chi connectivity index (χ2n) is 3.77. The van der Waals surface area contributed by atoms with Crippen molar-refractivity contribution in [3.8, 4) is 0 Å². The summed E-state index contributed by atoms with van der Waals surface area (Å²) in [5, 5.41) is 3.97. The fourth-order valence-electron chi connectivity index (χ4n) is 1.40. The Morgan fingerprint density at radius 3 is 2.74 bits per heavy atom. The molecule has 0 radical (unpaired) electrons. The van der Waals surface area contributed by atoms with Crippen LogP contribution in [0.15, 0.2) is 28.5 Å². The van der Waals surface area contributed by atoms with Crippen LogP contribution in [0.1, 0.15) is 5.69 Å². The number of nitrogens with zero attached hydrogens (tertiary/aromatic N) is 1. The molecule has 0 bridgehead atoms. The Morgan fingerprint density at radius 1 is 1.47 bits per heavy atom. The third kappa shape index (κ3) is 4.12. The lowest BCUT2D eigenvalue weighted by molar-refractivity contribution is -0.113. The summed E-state index contributed by atoms with van der Waals surface area (Å²) in [5.41, 5.74) is 7.20. The van der Waals surface area contributed by atoms with E-state index in [-0.39, 0.29) is 5.91 Å². The number of carbonyl (C=O) groups excluding carboxylic acids is 1. The zero-order chi connectivity index (χ0) is 13.8. The molecule has 0 aliphatic heterocycles. The van der Waals surface area contributed by atoms with Crippen LogP contribution in [0.5, 0.6) is 0 Å². The molecule has 1 aromatic heterocycles. The zero-order valence-electron chi connectivity index (χ0n) is 10.1. The normalized spacial score (nSPS) is 10.4. The van der Waals surface area contributed by atoms with Crippen molar-refractivity contribution >= 4 is 51.4 Å².